The molecular weight excluding hydrogens is 220 g/mol. The number of hydrogen-bond acceptors (Lipinski definition) is 2. The molecule has 0 bridgehead atoms. The molecule has 0 saturated heterocycles. The molecule has 18 heavy (non-hydrogen) atoms. The van der Waals surface area contributed by atoms with Gasteiger partial charge in [0.2, 0.25) is 0 Å². The highest BCUT2D eigenvalue weighted by Crippen LogP contribution is 2.16. The van der Waals surface area contributed by atoms with Crippen molar-refractivity contribution in [3.8, 4) is 0 Å². The van der Waals surface area contributed by atoms with Crippen molar-refractivity contribution in [2.24, 2.45) is 4.99 Å². The summed E-state index contributed by atoms with van der Waals surface area (Å²) < 4.78 is 0. The highest BCUT2D eigenvalue weighted by atomic mass is 15.1. The Bertz CT molecular complexity index is 421. The van der Waals surface area contributed by atoms with Crippen LogP contribution < -0.4 is 5.32 Å². The fourth-order valence-electron chi connectivity index (χ4n) is 2.48. The minimum Gasteiger partial charge on any atom is -0.372 e. The van der Waals surface area contributed by atoms with Gasteiger partial charge in [0.25, 0.3) is 0 Å². The summed E-state index contributed by atoms with van der Waals surface area (Å²) in [5, 5.41) is 3.33. The molecular formula is C16H24N2. The van der Waals surface area contributed by atoms with Crippen LogP contribution in [0.5, 0.6) is 0 Å². The van der Waals surface area contributed by atoms with E-state index >= 15 is 0 Å². The fourth-order valence-corrected chi connectivity index (χ4v) is 2.48. The lowest BCUT2D eigenvalue weighted by Gasteiger charge is -2.08. The smallest absolute Gasteiger partial charge is 0.0964 e. The van der Waals surface area contributed by atoms with E-state index in [0.717, 1.165) is 19.5 Å². The number of aliphatic imine (C=N–C) groups is 1. The molecule has 2 nitrogen and oxygen atoms in total. The zero-order chi connectivity index (χ0) is 12.8. The molecule has 0 fully saturated rings. The summed E-state index contributed by atoms with van der Waals surface area (Å²) in [7, 11) is 0. The largest absolute Gasteiger partial charge is 0.372 e. The van der Waals surface area contributed by atoms with E-state index in [1.165, 1.54) is 48.2 Å². The second-order valence-electron chi connectivity index (χ2n) is 5.17. The predicted octanol–water partition coefficient (Wildman–Crippen LogP) is 3.41. The third kappa shape index (κ3) is 3.59. The lowest BCUT2D eigenvalue weighted by molar-refractivity contribution is 0.690. The molecule has 1 aromatic carbocycles. The molecule has 1 N–H and O–H groups in total. The standard InChI is InChI=1S/C16H24N2/c1-13-7-6-9-15(14(13)2)8-4-3-5-10-16-17-11-12-18-16/h6-7,9H,3-5,8,10-12H2,1-2H3,(H,17,18). The Kier molecular flexibility index (Phi) is 4.80. The van der Waals surface area contributed by atoms with E-state index in [1.54, 1.807) is 0 Å². The van der Waals surface area contributed by atoms with Crippen LogP contribution in [0.2, 0.25) is 0 Å². The highest BCUT2D eigenvalue weighted by molar-refractivity contribution is 5.83. The molecule has 1 aliphatic heterocycles. The minimum atomic E-state index is 0.970. The number of amidine groups is 1. The lowest BCUT2D eigenvalue weighted by Crippen LogP contribution is -2.17. The van der Waals surface area contributed by atoms with Gasteiger partial charge in [-0.05, 0) is 49.8 Å². The number of aryl methyl sites for hydroxylation is 2. The van der Waals surface area contributed by atoms with Crippen LogP contribution in [-0.4, -0.2) is 18.9 Å². The Hall–Kier alpha value is -1.31. The Labute approximate surface area is 111 Å². The van der Waals surface area contributed by atoms with Gasteiger partial charge in [-0.2, -0.15) is 0 Å². The number of hydrogen-bond donors (Lipinski definition) is 1. The number of nitrogens with one attached hydrogen (secondary N) is 1. The van der Waals surface area contributed by atoms with Crippen molar-refractivity contribution in [2.75, 3.05) is 13.1 Å². The summed E-state index contributed by atoms with van der Waals surface area (Å²) in [5.74, 6) is 1.22. The first kappa shape index (κ1) is 13.1. The van der Waals surface area contributed by atoms with Crippen LogP contribution in [-0.2, 0) is 6.42 Å². The van der Waals surface area contributed by atoms with Crippen LogP contribution in [0.4, 0.5) is 0 Å². The molecule has 0 saturated carbocycles. The monoisotopic (exact) mass is 244 g/mol. The third-order valence-corrected chi connectivity index (χ3v) is 3.82. The van der Waals surface area contributed by atoms with Crippen LogP contribution >= 0.6 is 0 Å². The zero-order valence-electron chi connectivity index (χ0n) is 11.6. The minimum absolute atomic E-state index is 0.970. The second-order valence-corrected chi connectivity index (χ2v) is 5.17. The maximum Gasteiger partial charge on any atom is 0.0964 e. The van der Waals surface area contributed by atoms with Crippen molar-refractivity contribution in [1.82, 2.24) is 5.32 Å². The SMILES string of the molecule is Cc1cccc(CCCCCC2=NCCN2)c1C. The maximum atomic E-state index is 4.42. The number of nitrogens with zero attached hydrogens (tertiary/aromatic N) is 1. The molecule has 98 valence electrons. The van der Waals surface area contributed by atoms with Crippen molar-refractivity contribution in [2.45, 2.75) is 46.0 Å². The number of rotatable bonds is 6. The highest BCUT2D eigenvalue weighted by Gasteiger charge is 2.04. The van der Waals surface area contributed by atoms with Crippen molar-refractivity contribution >= 4 is 5.84 Å². The maximum absolute atomic E-state index is 4.42. The van der Waals surface area contributed by atoms with Gasteiger partial charge in [0, 0.05) is 13.0 Å². The first-order valence-corrected chi connectivity index (χ1v) is 7.09. The molecule has 0 amide bonds. The quantitative estimate of drug-likeness (QED) is 0.762. The molecule has 0 aliphatic carbocycles. The van der Waals surface area contributed by atoms with Crippen molar-refractivity contribution in [3.63, 3.8) is 0 Å². The van der Waals surface area contributed by atoms with Gasteiger partial charge in [0.15, 0.2) is 0 Å². The molecule has 2 heteroatoms. The van der Waals surface area contributed by atoms with Crippen LogP contribution in [0, 0.1) is 13.8 Å². The molecule has 1 aromatic rings. The number of benzene rings is 1. The summed E-state index contributed by atoms with van der Waals surface area (Å²) >= 11 is 0. The van der Waals surface area contributed by atoms with Crippen molar-refractivity contribution < 1.29 is 0 Å². The summed E-state index contributed by atoms with van der Waals surface area (Å²) in [6, 6.07) is 6.64. The predicted molar refractivity (Wildman–Crippen MR) is 78.4 cm³/mol. The van der Waals surface area contributed by atoms with E-state index in [0.29, 0.717) is 0 Å². The topological polar surface area (TPSA) is 24.4 Å². The average molecular weight is 244 g/mol. The Morgan fingerprint density at radius 1 is 1.11 bits per heavy atom. The molecule has 0 radical (unpaired) electrons. The first-order chi connectivity index (χ1) is 8.77. The van der Waals surface area contributed by atoms with E-state index in [4.69, 9.17) is 0 Å². The number of unbranched alkanes of at least 4 members (excludes halogenated alkanes) is 2. The van der Waals surface area contributed by atoms with Crippen LogP contribution in [0.25, 0.3) is 0 Å². The van der Waals surface area contributed by atoms with Gasteiger partial charge in [-0.3, -0.25) is 4.99 Å². The summed E-state index contributed by atoms with van der Waals surface area (Å²) in [6.07, 6.45) is 6.20. The van der Waals surface area contributed by atoms with E-state index in [1.807, 2.05) is 0 Å². The van der Waals surface area contributed by atoms with Gasteiger partial charge < -0.3 is 5.32 Å². The zero-order valence-corrected chi connectivity index (χ0v) is 11.6. The molecule has 0 spiro atoms. The van der Waals surface area contributed by atoms with E-state index in [2.05, 4.69) is 42.4 Å². The fraction of sp³-hybridized carbons (Fsp3) is 0.562. The van der Waals surface area contributed by atoms with Gasteiger partial charge in [0.05, 0.1) is 12.4 Å². The van der Waals surface area contributed by atoms with E-state index in [9.17, 15) is 0 Å². The first-order valence-electron chi connectivity index (χ1n) is 7.09. The van der Waals surface area contributed by atoms with Gasteiger partial charge in [-0.25, -0.2) is 0 Å². The molecule has 1 heterocycles. The molecule has 0 aromatic heterocycles. The molecule has 0 atom stereocenters. The van der Waals surface area contributed by atoms with Gasteiger partial charge in [-0.1, -0.05) is 24.6 Å². The Balaban J connectivity index is 1.67. The summed E-state index contributed by atoms with van der Waals surface area (Å²) in [4.78, 5) is 4.42. The second kappa shape index (κ2) is 6.58. The van der Waals surface area contributed by atoms with Crippen LogP contribution in [0.15, 0.2) is 23.2 Å². The average Bonchev–Trinajstić information content (AvgIpc) is 2.87. The van der Waals surface area contributed by atoms with Gasteiger partial charge in [-0.15, -0.1) is 0 Å². The normalized spacial score (nSPS) is 14.4. The van der Waals surface area contributed by atoms with Gasteiger partial charge in [0.1, 0.15) is 0 Å². The Morgan fingerprint density at radius 2 is 1.94 bits per heavy atom. The van der Waals surface area contributed by atoms with Crippen molar-refractivity contribution in [1.29, 1.82) is 0 Å². The van der Waals surface area contributed by atoms with E-state index < -0.39 is 0 Å². The molecule has 2 rings (SSSR count). The van der Waals surface area contributed by atoms with Crippen LogP contribution in [0.1, 0.15) is 42.4 Å². The van der Waals surface area contributed by atoms with Gasteiger partial charge >= 0.3 is 0 Å². The third-order valence-electron chi connectivity index (χ3n) is 3.82. The molecule has 0 unspecified atom stereocenters. The summed E-state index contributed by atoms with van der Waals surface area (Å²) in [5.41, 5.74) is 4.41. The lowest BCUT2D eigenvalue weighted by atomic mass is 9.98. The summed E-state index contributed by atoms with van der Waals surface area (Å²) in [6.45, 7) is 6.44. The van der Waals surface area contributed by atoms with E-state index in [-0.39, 0.29) is 0 Å². The van der Waals surface area contributed by atoms with Crippen molar-refractivity contribution in [3.05, 3.63) is 34.9 Å². The Morgan fingerprint density at radius 3 is 2.72 bits per heavy atom. The molecule has 1 aliphatic rings. The van der Waals surface area contributed by atoms with Crippen LogP contribution in [0.3, 0.4) is 0 Å².